The van der Waals surface area contributed by atoms with E-state index >= 15 is 0 Å². The number of rotatable bonds is 10. The summed E-state index contributed by atoms with van der Waals surface area (Å²) in [6, 6.07) is 32.9. The van der Waals surface area contributed by atoms with Crippen LogP contribution in [0.15, 0.2) is 125 Å². The molecule has 0 unspecified atom stereocenters. The molecular weight excluding hydrogens is 608 g/mol. The molecule has 9 heteroatoms. The molecule has 9 nitrogen and oxygen atoms in total. The summed E-state index contributed by atoms with van der Waals surface area (Å²) in [6.45, 7) is 1.63. The van der Waals surface area contributed by atoms with E-state index in [0.29, 0.717) is 28.9 Å². The van der Waals surface area contributed by atoms with Gasteiger partial charge in [0.1, 0.15) is 17.1 Å². The Kier molecular flexibility index (Phi) is 9.43. The van der Waals surface area contributed by atoms with Crippen LogP contribution in [-0.2, 0) is 10.3 Å². The van der Waals surface area contributed by atoms with Crippen LogP contribution in [0.3, 0.4) is 0 Å². The van der Waals surface area contributed by atoms with Crippen LogP contribution in [0, 0.1) is 12.8 Å². The Morgan fingerprint density at radius 1 is 0.771 bits per heavy atom. The molecule has 0 saturated heterocycles. The Bertz CT molecular complexity index is 1940. The number of aliphatic hydroxyl groups excluding tert-OH is 1. The Morgan fingerprint density at radius 2 is 1.29 bits per heavy atom. The number of hydrogen-bond acceptors (Lipinski definition) is 7. The standard InChI is InChI=1S/C39H38N2O7/c1-26-24-40(38(45)41(36(26)43)37(44)27-10-6-4-7-11-27)34-22-23-35(42)33(34)25-48-39(28-12-8-5-9-13-28,29-14-18-31(46-2)19-15-29)30-16-20-32(47-3)21-17-30/h4-21,24,33-35,42H,22-23,25H2,1-3H3/t33-,34-,35-/m0/s1. The number of ether oxygens (including phenoxy) is 3. The van der Waals surface area contributed by atoms with E-state index in [-0.39, 0.29) is 17.7 Å². The zero-order valence-corrected chi connectivity index (χ0v) is 27.1. The van der Waals surface area contributed by atoms with Gasteiger partial charge in [0.15, 0.2) is 0 Å². The number of aliphatic hydroxyl groups is 1. The second kappa shape index (κ2) is 13.9. The first-order chi connectivity index (χ1) is 23.3. The number of carbonyl (C=O) groups excluding carboxylic acids is 1. The van der Waals surface area contributed by atoms with Crippen LogP contribution in [-0.4, -0.2) is 47.1 Å². The first-order valence-electron chi connectivity index (χ1n) is 15.9. The molecule has 1 heterocycles. The maximum atomic E-state index is 13.9. The van der Waals surface area contributed by atoms with Crippen LogP contribution in [0.2, 0.25) is 0 Å². The maximum Gasteiger partial charge on any atom is 0.338 e. The first-order valence-corrected chi connectivity index (χ1v) is 15.9. The molecule has 0 bridgehead atoms. The number of methoxy groups -OCH3 is 2. The number of hydrogen-bond donors (Lipinski definition) is 1. The molecule has 48 heavy (non-hydrogen) atoms. The molecule has 3 atom stereocenters. The summed E-state index contributed by atoms with van der Waals surface area (Å²) in [6.07, 6.45) is 1.56. The van der Waals surface area contributed by atoms with Crippen LogP contribution in [0.1, 0.15) is 51.5 Å². The molecule has 1 N–H and O–H groups in total. The Hall–Kier alpha value is -5.25. The van der Waals surface area contributed by atoms with E-state index in [1.165, 1.54) is 10.8 Å². The van der Waals surface area contributed by atoms with Crippen LogP contribution in [0.25, 0.3) is 0 Å². The lowest BCUT2D eigenvalue weighted by Crippen LogP contribution is -2.47. The van der Waals surface area contributed by atoms with Crippen molar-refractivity contribution >= 4 is 5.91 Å². The van der Waals surface area contributed by atoms with Gasteiger partial charge in [0.05, 0.1) is 26.9 Å². The largest absolute Gasteiger partial charge is 0.497 e. The molecular formula is C39H38N2O7. The number of nitrogens with zero attached hydrogens (tertiary/aromatic N) is 2. The summed E-state index contributed by atoms with van der Waals surface area (Å²) in [5.41, 5.74) is 0.454. The molecule has 0 spiro atoms. The van der Waals surface area contributed by atoms with Crippen molar-refractivity contribution in [3.8, 4) is 11.5 Å². The normalized spacial score (nSPS) is 17.6. The molecule has 6 rings (SSSR count). The van der Waals surface area contributed by atoms with E-state index in [1.807, 2.05) is 78.9 Å². The highest BCUT2D eigenvalue weighted by molar-refractivity contribution is 5.95. The van der Waals surface area contributed by atoms with Gasteiger partial charge in [-0.2, -0.15) is 4.57 Å². The monoisotopic (exact) mass is 646 g/mol. The van der Waals surface area contributed by atoms with E-state index in [9.17, 15) is 19.5 Å². The van der Waals surface area contributed by atoms with E-state index in [1.54, 1.807) is 51.5 Å². The predicted octanol–water partition coefficient (Wildman–Crippen LogP) is 5.34. The number of aromatic nitrogens is 2. The summed E-state index contributed by atoms with van der Waals surface area (Å²) >= 11 is 0. The summed E-state index contributed by atoms with van der Waals surface area (Å²) in [5, 5.41) is 11.4. The predicted molar refractivity (Wildman–Crippen MR) is 182 cm³/mol. The van der Waals surface area contributed by atoms with Gasteiger partial charge < -0.3 is 19.3 Å². The number of carbonyl (C=O) groups is 1. The molecule has 4 aromatic carbocycles. The van der Waals surface area contributed by atoms with Crippen LogP contribution < -0.4 is 20.7 Å². The van der Waals surface area contributed by atoms with E-state index < -0.39 is 40.8 Å². The molecule has 1 saturated carbocycles. The Morgan fingerprint density at radius 3 is 1.83 bits per heavy atom. The van der Waals surface area contributed by atoms with Gasteiger partial charge in [-0.15, -0.1) is 0 Å². The third-order valence-corrected chi connectivity index (χ3v) is 9.28. The van der Waals surface area contributed by atoms with Crippen molar-refractivity contribution in [2.75, 3.05) is 20.8 Å². The molecule has 1 fully saturated rings. The van der Waals surface area contributed by atoms with E-state index in [0.717, 1.165) is 16.7 Å². The Labute approximate surface area is 278 Å². The lowest BCUT2D eigenvalue weighted by atomic mass is 9.79. The highest BCUT2D eigenvalue weighted by atomic mass is 16.5. The van der Waals surface area contributed by atoms with Crippen molar-refractivity contribution < 1.29 is 24.1 Å². The fourth-order valence-corrected chi connectivity index (χ4v) is 6.71. The maximum absolute atomic E-state index is 13.9. The van der Waals surface area contributed by atoms with Gasteiger partial charge in [-0.05, 0) is 72.9 Å². The van der Waals surface area contributed by atoms with Gasteiger partial charge in [-0.1, -0.05) is 72.8 Å². The minimum atomic E-state index is -1.13. The van der Waals surface area contributed by atoms with E-state index in [2.05, 4.69) is 0 Å². The second-order valence-electron chi connectivity index (χ2n) is 12.0. The summed E-state index contributed by atoms with van der Waals surface area (Å²) in [4.78, 5) is 40.5. The molecule has 0 aliphatic heterocycles. The topological polar surface area (TPSA) is 109 Å². The molecule has 5 aromatic rings. The van der Waals surface area contributed by atoms with Gasteiger partial charge in [-0.3, -0.25) is 14.2 Å². The fourth-order valence-electron chi connectivity index (χ4n) is 6.71. The highest BCUT2D eigenvalue weighted by Gasteiger charge is 2.43. The molecule has 246 valence electrons. The highest BCUT2D eigenvalue weighted by Crippen LogP contribution is 2.44. The van der Waals surface area contributed by atoms with Crippen LogP contribution >= 0.6 is 0 Å². The average molecular weight is 647 g/mol. The number of aryl methyl sites for hydroxylation is 1. The second-order valence-corrected chi connectivity index (χ2v) is 12.0. The SMILES string of the molecule is COc1ccc(C(OC[C@@H]2[C@@H](O)CC[C@@H]2n2cc(C)c(=O)n(C(=O)c3ccccc3)c2=O)(c2ccccc2)c2ccc(OC)cc2)cc1. The van der Waals surface area contributed by atoms with Crippen molar-refractivity contribution in [3.05, 3.63) is 164 Å². The first kappa shape index (κ1) is 32.7. The zero-order valence-electron chi connectivity index (χ0n) is 27.1. The van der Waals surface area contributed by atoms with Gasteiger partial charge in [0.2, 0.25) is 0 Å². The van der Waals surface area contributed by atoms with Crippen LogP contribution in [0.5, 0.6) is 11.5 Å². The van der Waals surface area contributed by atoms with Gasteiger partial charge in [-0.25, -0.2) is 4.79 Å². The number of benzene rings is 4. The summed E-state index contributed by atoms with van der Waals surface area (Å²) in [7, 11) is 3.22. The molecule has 1 aliphatic carbocycles. The van der Waals surface area contributed by atoms with E-state index in [4.69, 9.17) is 14.2 Å². The lowest BCUT2D eigenvalue weighted by molar-refractivity contribution is -0.0382. The van der Waals surface area contributed by atoms with Gasteiger partial charge in [0, 0.05) is 29.3 Å². The molecule has 0 radical (unpaired) electrons. The van der Waals surface area contributed by atoms with Crippen molar-refractivity contribution in [2.24, 2.45) is 5.92 Å². The third-order valence-electron chi connectivity index (χ3n) is 9.28. The van der Waals surface area contributed by atoms with Crippen LogP contribution in [0.4, 0.5) is 0 Å². The fraction of sp³-hybridized carbons (Fsp3) is 0.256. The minimum Gasteiger partial charge on any atom is -0.497 e. The lowest BCUT2D eigenvalue weighted by Gasteiger charge is -2.38. The minimum absolute atomic E-state index is 0.0516. The quantitative estimate of drug-likeness (QED) is 0.204. The third kappa shape index (κ3) is 5.98. The smallest absolute Gasteiger partial charge is 0.338 e. The molecule has 1 aliphatic rings. The molecule has 1 aromatic heterocycles. The van der Waals surface area contributed by atoms with Crippen molar-refractivity contribution in [1.82, 2.24) is 9.13 Å². The summed E-state index contributed by atoms with van der Waals surface area (Å²) < 4.78 is 20.1. The van der Waals surface area contributed by atoms with Gasteiger partial charge >= 0.3 is 5.69 Å². The van der Waals surface area contributed by atoms with Crippen molar-refractivity contribution in [2.45, 2.75) is 37.5 Å². The van der Waals surface area contributed by atoms with Crippen molar-refractivity contribution in [3.63, 3.8) is 0 Å². The zero-order chi connectivity index (χ0) is 33.8. The van der Waals surface area contributed by atoms with Crippen molar-refractivity contribution in [1.29, 1.82) is 0 Å². The summed E-state index contributed by atoms with van der Waals surface area (Å²) in [5.74, 6) is 0.143. The average Bonchev–Trinajstić information content (AvgIpc) is 3.50. The Balaban J connectivity index is 1.44. The molecule has 0 amide bonds. The van der Waals surface area contributed by atoms with Gasteiger partial charge in [0.25, 0.3) is 11.5 Å².